The number of nitrogens with one attached hydrogen (secondary N) is 1. The van der Waals surface area contributed by atoms with Crippen LogP contribution in [0.25, 0.3) is 6.08 Å². The van der Waals surface area contributed by atoms with Crippen LogP contribution in [0.2, 0.25) is 0 Å². The molecule has 0 heterocycles. The second-order valence-corrected chi connectivity index (χ2v) is 5.51. The van der Waals surface area contributed by atoms with Gasteiger partial charge >= 0.3 is 5.97 Å². The average molecular weight is 319 g/mol. The molecule has 126 valence electrons. The van der Waals surface area contributed by atoms with Crippen LogP contribution >= 0.6 is 0 Å². The third-order valence-corrected chi connectivity index (χ3v) is 3.35. The molecule has 0 fully saturated rings. The third-order valence-electron chi connectivity index (χ3n) is 3.35. The van der Waals surface area contributed by atoms with E-state index in [9.17, 15) is 9.59 Å². The van der Waals surface area contributed by atoms with Gasteiger partial charge in [0.1, 0.15) is 5.75 Å². The maximum Gasteiger partial charge on any atom is 0.331 e. The summed E-state index contributed by atoms with van der Waals surface area (Å²) in [7, 11) is 0. The summed E-state index contributed by atoms with van der Waals surface area (Å²) in [5, 5.41) is 2.77. The van der Waals surface area contributed by atoms with Crippen molar-refractivity contribution in [2.75, 3.05) is 13.2 Å². The van der Waals surface area contributed by atoms with Gasteiger partial charge in [-0.05, 0) is 31.9 Å². The summed E-state index contributed by atoms with van der Waals surface area (Å²) in [6, 6.07) is 7.42. The maximum absolute atomic E-state index is 11.7. The van der Waals surface area contributed by atoms with Crippen molar-refractivity contribution in [3.8, 4) is 5.75 Å². The highest BCUT2D eigenvalue weighted by Gasteiger charge is 2.11. The van der Waals surface area contributed by atoms with Crippen molar-refractivity contribution in [3.05, 3.63) is 35.9 Å². The molecular formula is C18H25NO4. The van der Waals surface area contributed by atoms with Crippen molar-refractivity contribution < 1.29 is 19.1 Å². The zero-order chi connectivity index (χ0) is 17.2. The first-order valence-electron chi connectivity index (χ1n) is 7.80. The molecule has 1 rings (SSSR count). The van der Waals surface area contributed by atoms with E-state index in [1.807, 2.05) is 52.0 Å². The molecule has 0 saturated heterocycles. The molecule has 0 radical (unpaired) electrons. The normalized spacial score (nSPS) is 12.2. The molecule has 1 atom stereocenters. The van der Waals surface area contributed by atoms with Crippen LogP contribution in [0.15, 0.2) is 30.3 Å². The number of carbonyl (C=O) groups is 2. The van der Waals surface area contributed by atoms with Crippen molar-refractivity contribution in [3.63, 3.8) is 0 Å². The Morgan fingerprint density at radius 3 is 2.57 bits per heavy atom. The smallest absolute Gasteiger partial charge is 0.331 e. The van der Waals surface area contributed by atoms with E-state index in [2.05, 4.69) is 5.32 Å². The molecule has 1 N–H and O–H groups in total. The molecule has 0 aliphatic heterocycles. The standard InChI is InChI=1S/C18H25NO4/c1-5-22-16-9-7-6-8-15(16)10-11-18(21)23-12-17(20)19-14(4)13(2)3/h6-11,13-14H,5,12H2,1-4H3,(H,19,20)/b11-10+/t14-/m0/s1. The molecular weight excluding hydrogens is 294 g/mol. The molecule has 0 bridgehead atoms. The second kappa shape index (κ2) is 9.66. The van der Waals surface area contributed by atoms with Gasteiger partial charge in [-0.3, -0.25) is 4.79 Å². The van der Waals surface area contributed by atoms with E-state index < -0.39 is 5.97 Å². The zero-order valence-corrected chi connectivity index (χ0v) is 14.2. The van der Waals surface area contributed by atoms with Gasteiger partial charge in [-0.25, -0.2) is 4.79 Å². The lowest BCUT2D eigenvalue weighted by atomic mass is 10.1. The van der Waals surface area contributed by atoms with Crippen molar-refractivity contribution in [2.24, 2.45) is 5.92 Å². The van der Waals surface area contributed by atoms with E-state index in [-0.39, 0.29) is 18.6 Å². The van der Waals surface area contributed by atoms with Crippen molar-refractivity contribution >= 4 is 18.0 Å². The van der Waals surface area contributed by atoms with Gasteiger partial charge in [0.15, 0.2) is 6.61 Å². The van der Waals surface area contributed by atoms with Gasteiger partial charge in [0.05, 0.1) is 6.61 Å². The van der Waals surface area contributed by atoms with Gasteiger partial charge in [0.25, 0.3) is 5.91 Å². The predicted molar refractivity (Wildman–Crippen MR) is 90.0 cm³/mol. The Morgan fingerprint density at radius 2 is 1.91 bits per heavy atom. The lowest BCUT2D eigenvalue weighted by Gasteiger charge is -2.17. The van der Waals surface area contributed by atoms with Crippen LogP contribution in [-0.2, 0) is 14.3 Å². The first-order valence-corrected chi connectivity index (χ1v) is 7.80. The fraction of sp³-hybridized carbons (Fsp3) is 0.444. The number of para-hydroxylation sites is 1. The SMILES string of the molecule is CCOc1ccccc1/C=C/C(=O)OCC(=O)N[C@@H](C)C(C)C. The monoisotopic (exact) mass is 319 g/mol. The minimum atomic E-state index is -0.566. The number of benzene rings is 1. The maximum atomic E-state index is 11.7. The Kier molecular flexibility index (Phi) is 7.88. The van der Waals surface area contributed by atoms with Gasteiger partial charge in [0, 0.05) is 17.7 Å². The lowest BCUT2D eigenvalue weighted by Crippen LogP contribution is -2.38. The van der Waals surface area contributed by atoms with E-state index >= 15 is 0 Å². The second-order valence-electron chi connectivity index (χ2n) is 5.51. The number of hydrogen-bond donors (Lipinski definition) is 1. The first kappa shape index (κ1) is 18.7. The minimum absolute atomic E-state index is 0.0369. The topological polar surface area (TPSA) is 64.6 Å². The highest BCUT2D eigenvalue weighted by atomic mass is 16.5. The highest BCUT2D eigenvalue weighted by Crippen LogP contribution is 2.19. The van der Waals surface area contributed by atoms with Gasteiger partial charge in [-0.15, -0.1) is 0 Å². The van der Waals surface area contributed by atoms with Crippen molar-refractivity contribution in [1.29, 1.82) is 0 Å². The zero-order valence-electron chi connectivity index (χ0n) is 14.2. The third kappa shape index (κ3) is 7.00. The fourth-order valence-electron chi connectivity index (χ4n) is 1.71. The largest absolute Gasteiger partial charge is 0.493 e. The molecule has 1 amide bonds. The van der Waals surface area contributed by atoms with E-state index in [1.165, 1.54) is 6.08 Å². The summed E-state index contributed by atoms with van der Waals surface area (Å²) >= 11 is 0. The lowest BCUT2D eigenvalue weighted by molar-refractivity contribution is -0.144. The fourth-order valence-corrected chi connectivity index (χ4v) is 1.71. The average Bonchev–Trinajstić information content (AvgIpc) is 2.52. The molecule has 1 aromatic carbocycles. The molecule has 0 unspecified atom stereocenters. The Balaban J connectivity index is 2.49. The Morgan fingerprint density at radius 1 is 1.22 bits per heavy atom. The summed E-state index contributed by atoms with van der Waals surface area (Å²) in [4.78, 5) is 23.3. The highest BCUT2D eigenvalue weighted by molar-refractivity contribution is 5.89. The van der Waals surface area contributed by atoms with Crippen LogP contribution in [0.5, 0.6) is 5.75 Å². The predicted octanol–water partition coefficient (Wildman–Crippen LogP) is 2.80. The Labute approximate surface area is 137 Å². The summed E-state index contributed by atoms with van der Waals surface area (Å²) in [6.45, 7) is 8.09. The minimum Gasteiger partial charge on any atom is -0.493 e. The molecule has 0 saturated carbocycles. The summed E-state index contributed by atoms with van der Waals surface area (Å²) < 4.78 is 10.4. The van der Waals surface area contributed by atoms with Gasteiger partial charge in [-0.2, -0.15) is 0 Å². The number of amides is 1. The van der Waals surface area contributed by atoms with E-state index in [0.29, 0.717) is 18.3 Å². The number of rotatable bonds is 8. The van der Waals surface area contributed by atoms with Crippen LogP contribution in [0, 0.1) is 5.92 Å². The van der Waals surface area contributed by atoms with E-state index in [4.69, 9.17) is 9.47 Å². The Hall–Kier alpha value is -2.30. The molecule has 23 heavy (non-hydrogen) atoms. The van der Waals surface area contributed by atoms with Gasteiger partial charge in [0.2, 0.25) is 0 Å². The van der Waals surface area contributed by atoms with Gasteiger partial charge in [-0.1, -0.05) is 32.0 Å². The molecule has 1 aromatic rings. The summed E-state index contributed by atoms with van der Waals surface area (Å²) in [5.74, 6) is 0.151. The van der Waals surface area contributed by atoms with E-state index in [0.717, 1.165) is 5.56 Å². The Bertz CT molecular complexity index is 552. The number of hydrogen-bond acceptors (Lipinski definition) is 4. The quantitative estimate of drug-likeness (QED) is 0.591. The first-order chi connectivity index (χ1) is 10.9. The van der Waals surface area contributed by atoms with Crippen molar-refractivity contribution in [2.45, 2.75) is 33.7 Å². The molecule has 5 heteroatoms. The van der Waals surface area contributed by atoms with Crippen LogP contribution in [0.1, 0.15) is 33.3 Å². The molecule has 0 aliphatic rings. The van der Waals surface area contributed by atoms with Crippen molar-refractivity contribution in [1.82, 2.24) is 5.32 Å². The van der Waals surface area contributed by atoms with Crippen LogP contribution < -0.4 is 10.1 Å². The number of esters is 1. The molecule has 5 nitrogen and oxygen atoms in total. The van der Waals surface area contributed by atoms with Gasteiger partial charge < -0.3 is 14.8 Å². The summed E-state index contributed by atoms with van der Waals surface area (Å²) in [5.41, 5.74) is 0.782. The van der Waals surface area contributed by atoms with E-state index in [1.54, 1.807) is 6.08 Å². The number of ether oxygens (including phenoxy) is 2. The molecule has 0 spiro atoms. The molecule has 0 aromatic heterocycles. The van der Waals surface area contributed by atoms with Crippen LogP contribution in [0.4, 0.5) is 0 Å². The molecule has 0 aliphatic carbocycles. The van der Waals surface area contributed by atoms with Crippen LogP contribution in [0.3, 0.4) is 0 Å². The number of carbonyl (C=O) groups excluding carboxylic acids is 2. The van der Waals surface area contributed by atoms with Crippen LogP contribution in [-0.4, -0.2) is 31.1 Å². The summed E-state index contributed by atoms with van der Waals surface area (Å²) in [6.07, 6.45) is 2.90.